The Balaban J connectivity index is 0.00000243. The number of benzene rings is 1. The Hall–Kier alpha value is -0.410. The van der Waals surface area contributed by atoms with E-state index in [1.807, 2.05) is 37.2 Å². The summed E-state index contributed by atoms with van der Waals surface area (Å²) < 4.78 is 2.89. The van der Waals surface area contributed by atoms with Crippen LogP contribution < -0.4 is 4.90 Å². The van der Waals surface area contributed by atoms with Gasteiger partial charge in [0.15, 0.2) is 5.13 Å². The van der Waals surface area contributed by atoms with Gasteiger partial charge in [0.05, 0.1) is 20.1 Å². The molecule has 10 heteroatoms. The van der Waals surface area contributed by atoms with Crippen LogP contribution in [0.4, 0.5) is 5.13 Å². The van der Waals surface area contributed by atoms with Crippen LogP contribution in [-0.4, -0.2) is 43.0 Å². The summed E-state index contributed by atoms with van der Waals surface area (Å²) in [5.41, 5.74) is 1.27. The molecule has 0 spiro atoms. The van der Waals surface area contributed by atoms with Crippen molar-refractivity contribution in [2.45, 2.75) is 0 Å². The number of thiophene rings is 1. The molecular formula is C16H15BrCl3N3OS2. The van der Waals surface area contributed by atoms with E-state index in [-0.39, 0.29) is 18.3 Å². The van der Waals surface area contributed by atoms with Crippen LogP contribution in [0.2, 0.25) is 8.67 Å². The fourth-order valence-electron chi connectivity index (χ4n) is 2.22. The molecule has 3 aromatic rings. The summed E-state index contributed by atoms with van der Waals surface area (Å²) in [6.07, 6.45) is 0. The lowest BCUT2D eigenvalue weighted by Gasteiger charge is -2.21. The molecule has 0 radical (unpaired) electrons. The maximum atomic E-state index is 13.1. The van der Waals surface area contributed by atoms with Gasteiger partial charge in [0.1, 0.15) is 4.34 Å². The van der Waals surface area contributed by atoms with E-state index in [4.69, 9.17) is 23.2 Å². The number of amides is 1. The van der Waals surface area contributed by atoms with Crippen molar-refractivity contribution in [1.82, 2.24) is 9.88 Å². The third kappa shape index (κ3) is 4.90. The number of thiazole rings is 1. The first kappa shape index (κ1) is 21.9. The summed E-state index contributed by atoms with van der Waals surface area (Å²) in [5.74, 6) is -0.187. The highest BCUT2D eigenvalue weighted by Crippen LogP contribution is 2.35. The third-order valence-electron chi connectivity index (χ3n) is 3.47. The van der Waals surface area contributed by atoms with Crippen molar-refractivity contribution in [2.24, 2.45) is 0 Å². The van der Waals surface area contributed by atoms with Crippen LogP contribution >= 0.6 is 74.2 Å². The van der Waals surface area contributed by atoms with E-state index in [0.29, 0.717) is 32.5 Å². The Morgan fingerprint density at radius 3 is 2.54 bits per heavy atom. The standard InChI is InChI=1S/C16H14BrCl2N3OS2.ClH/c1-21(2)5-6-22(15(23)10-8-13(18)25-14(10)19)16-20-11-4-3-9(17)7-12(11)24-16;/h3-4,7-8H,5-6H2,1-2H3;1H. The fourth-order valence-corrected chi connectivity index (χ4v) is 5.21. The van der Waals surface area contributed by atoms with Crippen molar-refractivity contribution in [2.75, 3.05) is 32.1 Å². The molecule has 0 saturated heterocycles. The molecule has 0 fully saturated rings. The molecule has 4 nitrogen and oxygen atoms in total. The van der Waals surface area contributed by atoms with Crippen molar-refractivity contribution in [3.63, 3.8) is 0 Å². The van der Waals surface area contributed by atoms with Crippen LogP contribution in [0.5, 0.6) is 0 Å². The number of fused-ring (bicyclic) bond motifs is 1. The predicted octanol–water partition coefficient (Wildman–Crippen LogP) is 6.06. The van der Waals surface area contributed by atoms with Gasteiger partial charge in [0.25, 0.3) is 5.91 Å². The van der Waals surface area contributed by atoms with Gasteiger partial charge in [-0.1, -0.05) is 50.5 Å². The third-order valence-corrected chi connectivity index (χ3v) is 6.50. The molecule has 2 heterocycles. The van der Waals surface area contributed by atoms with E-state index in [9.17, 15) is 4.79 Å². The highest BCUT2D eigenvalue weighted by molar-refractivity contribution is 9.10. The largest absolute Gasteiger partial charge is 0.308 e. The van der Waals surface area contributed by atoms with E-state index in [2.05, 4.69) is 20.9 Å². The van der Waals surface area contributed by atoms with Crippen molar-refractivity contribution in [3.8, 4) is 0 Å². The van der Waals surface area contributed by atoms with Gasteiger partial charge in [0, 0.05) is 17.6 Å². The number of carbonyl (C=O) groups excluding carboxylic acids is 1. The zero-order chi connectivity index (χ0) is 18.1. The van der Waals surface area contributed by atoms with E-state index < -0.39 is 0 Å². The number of rotatable bonds is 5. The van der Waals surface area contributed by atoms with Gasteiger partial charge in [-0.05, 0) is 38.4 Å². The number of hydrogen-bond acceptors (Lipinski definition) is 5. The van der Waals surface area contributed by atoms with E-state index in [1.165, 1.54) is 22.7 Å². The Morgan fingerprint density at radius 1 is 1.19 bits per heavy atom. The number of carbonyl (C=O) groups is 1. The van der Waals surface area contributed by atoms with E-state index in [0.717, 1.165) is 14.7 Å². The summed E-state index contributed by atoms with van der Waals surface area (Å²) in [5, 5.41) is 0.651. The average Bonchev–Trinajstić information content (AvgIpc) is 3.09. The number of hydrogen-bond donors (Lipinski definition) is 0. The molecular weight excluding hydrogens is 501 g/mol. The Bertz CT molecular complexity index is 929. The van der Waals surface area contributed by atoms with Gasteiger partial charge in [-0.3, -0.25) is 9.69 Å². The molecule has 0 aliphatic carbocycles. The molecule has 0 aliphatic heterocycles. The first-order valence-electron chi connectivity index (χ1n) is 7.32. The van der Waals surface area contributed by atoms with E-state index in [1.54, 1.807) is 11.0 Å². The molecule has 0 unspecified atom stereocenters. The van der Waals surface area contributed by atoms with Gasteiger partial charge in [-0.2, -0.15) is 0 Å². The molecule has 140 valence electrons. The van der Waals surface area contributed by atoms with Crippen LogP contribution in [-0.2, 0) is 0 Å². The molecule has 1 aromatic carbocycles. The van der Waals surface area contributed by atoms with Gasteiger partial charge in [-0.15, -0.1) is 23.7 Å². The van der Waals surface area contributed by atoms with E-state index >= 15 is 0 Å². The summed E-state index contributed by atoms with van der Waals surface area (Å²) in [7, 11) is 3.93. The normalized spacial score (nSPS) is 11.0. The second-order valence-corrected chi connectivity index (χ2v) is 9.82. The number of aromatic nitrogens is 1. The minimum absolute atomic E-state index is 0. The predicted molar refractivity (Wildman–Crippen MR) is 119 cm³/mol. The van der Waals surface area contributed by atoms with Gasteiger partial charge >= 0.3 is 0 Å². The van der Waals surface area contributed by atoms with Crippen molar-refractivity contribution >= 4 is 95.5 Å². The second kappa shape index (κ2) is 9.19. The highest BCUT2D eigenvalue weighted by Gasteiger charge is 2.24. The van der Waals surface area contributed by atoms with Crippen LogP contribution in [0.1, 0.15) is 10.4 Å². The Morgan fingerprint density at radius 2 is 1.92 bits per heavy atom. The summed E-state index contributed by atoms with van der Waals surface area (Å²) in [6.45, 7) is 1.22. The first-order chi connectivity index (χ1) is 11.8. The molecule has 26 heavy (non-hydrogen) atoms. The Labute approximate surface area is 184 Å². The maximum absolute atomic E-state index is 13.1. The van der Waals surface area contributed by atoms with Gasteiger partial charge in [-0.25, -0.2) is 4.98 Å². The molecule has 3 rings (SSSR count). The number of likely N-dealkylation sites (N-methyl/N-ethyl adjacent to an activating group) is 1. The molecule has 0 saturated carbocycles. The minimum Gasteiger partial charge on any atom is -0.308 e. The van der Waals surface area contributed by atoms with Crippen molar-refractivity contribution < 1.29 is 4.79 Å². The lowest BCUT2D eigenvalue weighted by Crippen LogP contribution is -2.36. The van der Waals surface area contributed by atoms with Crippen molar-refractivity contribution in [1.29, 1.82) is 0 Å². The quantitative estimate of drug-likeness (QED) is 0.415. The highest BCUT2D eigenvalue weighted by atomic mass is 79.9. The second-order valence-electron chi connectivity index (χ2n) is 5.61. The summed E-state index contributed by atoms with van der Waals surface area (Å²) in [6, 6.07) is 7.48. The van der Waals surface area contributed by atoms with Crippen LogP contribution in [0, 0.1) is 0 Å². The maximum Gasteiger partial charge on any atom is 0.262 e. The van der Waals surface area contributed by atoms with Crippen LogP contribution in [0.15, 0.2) is 28.7 Å². The SMILES string of the molecule is CN(C)CCN(C(=O)c1cc(Cl)sc1Cl)c1nc2ccc(Br)cc2s1.Cl. The zero-order valence-corrected chi connectivity index (χ0v) is 19.4. The molecule has 0 bridgehead atoms. The summed E-state index contributed by atoms with van der Waals surface area (Å²) >= 11 is 18.3. The zero-order valence-electron chi connectivity index (χ0n) is 13.8. The molecule has 0 aliphatic rings. The first-order valence-corrected chi connectivity index (χ1v) is 10.5. The number of anilines is 1. The number of nitrogens with zero attached hydrogens (tertiary/aromatic N) is 3. The lowest BCUT2D eigenvalue weighted by atomic mass is 10.3. The Kier molecular flexibility index (Phi) is 7.73. The van der Waals surface area contributed by atoms with Crippen molar-refractivity contribution in [3.05, 3.63) is 43.0 Å². The monoisotopic (exact) mass is 513 g/mol. The smallest absolute Gasteiger partial charge is 0.262 e. The van der Waals surface area contributed by atoms with Crippen LogP contribution in [0.25, 0.3) is 10.2 Å². The fraction of sp³-hybridized carbons (Fsp3) is 0.250. The topological polar surface area (TPSA) is 36.4 Å². The van der Waals surface area contributed by atoms with Gasteiger partial charge < -0.3 is 4.90 Å². The molecule has 1 amide bonds. The molecule has 0 N–H and O–H groups in total. The minimum atomic E-state index is -0.187. The molecule has 0 atom stereocenters. The summed E-state index contributed by atoms with van der Waals surface area (Å²) in [4.78, 5) is 21.4. The number of halogens is 4. The van der Waals surface area contributed by atoms with Crippen LogP contribution in [0.3, 0.4) is 0 Å². The lowest BCUT2D eigenvalue weighted by molar-refractivity contribution is 0.0986. The molecule has 2 aromatic heterocycles. The van der Waals surface area contributed by atoms with Gasteiger partial charge in [0.2, 0.25) is 0 Å². The average molecular weight is 516 g/mol.